The summed E-state index contributed by atoms with van der Waals surface area (Å²) >= 11 is 0. The van der Waals surface area contributed by atoms with Crippen LogP contribution in [0.3, 0.4) is 0 Å². The van der Waals surface area contributed by atoms with Gasteiger partial charge in [-0.15, -0.1) is 0 Å². The first-order valence-electron chi connectivity index (χ1n) is 4.57. The first-order valence-corrected chi connectivity index (χ1v) is 4.57. The van der Waals surface area contributed by atoms with E-state index in [0.717, 1.165) is 6.42 Å². The minimum absolute atomic E-state index is 0.262. The fraction of sp³-hybridized carbons (Fsp3) is 0.455. The molecule has 3 heteroatoms. The second kappa shape index (κ2) is 3.75. The summed E-state index contributed by atoms with van der Waals surface area (Å²) in [6.45, 7) is 5.86. The lowest BCUT2D eigenvalue weighted by molar-refractivity contribution is 0.451. The standard InChI is InChI=1S/C11H13FN2/c1-4-11(2,3)10-9(12)5-8(6-13)7-14-10/h5,7H,4H2,1-3H3. The first-order chi connectivity index (χ1) is 6.51. The van der Waals surface area contributed by atoms with Gasteiger partial charge in [0.2, 0.25) is 0 Å². The maximum absolute atomic E-state index is 13.5. The molecule has 0 N–H and O–H groups in total. The van der Waals surface area contributed by atoms with E-state index in [1.165, 1.54) is 12.3 Å². The van der Waals surface area contributed by atoms with Gasteiger partial charge in [-0.25, -0.2) is 4.39 Å². The quantitative estimate of drug-likeness (QED) is 0.722. The van der Waals surface area contributed by atoms with Crippen LogP contribution in [0.2, 0.25) is 0 Å². The molecular formula is C11H13FN2. The van der Waals surface area contributed by atoms with Crippen molar-refractivity contribution in [1.29, 1.82) is 5.26 Å². The molecule has 0 saturated carbocycles. The Morgan fingerprint density at radius 1 is 1.57 bits per heavy atom. The molecule has 1 aromatic heterocycles. The van der Waals surface area contributed by atoms with Gasteiger partial charge in [-0.05, 0) is 12.5 Å². The maximum atomic E-state index is 13.5. The summed E-state index contributed by atoms with van der Waals surface area (Å²) in [6, 6.07) is 3.10. The molecule has 0 radical (unpaired) electrons. The van der Waals surface area contributed by atoms with Gasteiger partial charge in [0.25, 0.3) is 0 Å². The van der Waals surface area contributed by atoms with Gasteiger partial charge in [-0.1, -0.05) is 20.8 Å². The monoisotopic (exact) mass is 192 g/mol. The summed E-state index contributed by atoms with van der Waals surface area (Å²) in [5.41, 5.74) is 0.412. The van der Waals surface area contributed by atoms with Crippen LogP contribution >= 0.6 is 0 Å². The maximum Gasteiger partial charge on any atom is 0.146 e. The highest BCUT2D eigenvalue weighted by Crippen LogP contribution is 2.27. The summed E-state index contributed by atoms with van der Waals surface area (Å²) in [5, 5.41) is 8.56. The van der Waals surface area contributed by atoms with Crippen LogP contribution in [0.4, 0.5) is 4.39 Å². The summed E-state index contributed by atoms with van der Waals surface area (Å²) in [4.78, 5) is 3.99. The van der Waals surface area contributed by atoms with Crippen LogP contribution in [0.15, 0.2) is 12.3 Å². The van der Waals surface area contributed by atoms with Crippen LogP contribution in [-0.4, -0.2) is 4.98 Å². The fourth-order valence-electron chi connectivity index (χ4n) is 1.16. The molecule has 0 aliphatic rings. The number of pyridine rings is 1. The number of hydrogen-bond acceptors (Lipinski definition) is 2. The summed E-state index contributed by atoms with van der Waals surface area (Å²) < 4.78 is 13.5. The third-order valence-electron chi connectivity index (χ3n) is 2.50. The zero-order valence-corrected chi connectivity index (χ0v) is 8.63. The van der Waals surface area contributed by atoms with Gasteiger partial charge in [0.05, 0.1) is 11.3 Å². The lowest BCUT2D eigenvalue weighted by Crippen LogP contribution is -2.19. The Balaban J connectivity index is 3.20. The minimum atomic E-state index is -0.393. The molecule has 0 fully saturated rings. The van der Waals surface area contributed by atoms with Gasteiger partial charge in [-0.3, -0.25) is 4.98 Å². The lowest BCUT2D eigenvalue weighted by Gasteiger charge is -2.22. The van der Waals surface area contributed by atoms with Gasteiger partial charge in [-0.2, -0.15) is 5.26 Å². The highest BCUT2D eigenvalue weighted by Gasteiger charge is 2.23. The summed E-state index contributed by atoms with van der Waals surface area (Å²) in [6.07, 6.45) is 2.22. The molecular weight excluding hydrogens is 179 g/mol. The molecule has 0 unspecified atom stereocenters. The van der Waals surface area contributed by atoms with Crippen molar-refractivity contribution in [2.45, 2.75) is 32.6 Å². The second-order valence-corrected chi connectivity index (χ2v) is 3.90. The summed E-state index contributed by atoms with van der Waals surface area (Å²) in [5.74, 6) is -0.393. The third-order valence-corrected chi connectivity index (χ3v) is 2.50. The molecule has 0 aromatic carbocycles. The van der Waals surface area contributed by atoms with Crippen LogP contribution < -0.4 is 0 Å². The van der Waals surface area contributed by atoms with E-state index in [1.807, 2.05) is 26.8 Å². The van der Waals surface area contributed by atoms with Crippen LogP contribution in [0.5, 0.6) is 0 Å². The molecule has 0 spiro atoms. The van der Waals surface area contributed by atoms with E-state index in [9.17, 15) is 4.39 Å². The smallest absolute Gasteiger partial charge is 0.146 e. The molecule has 0 aliphatic carbocycles. The highest BCUT2D eigenvalue weighted by atomic mass is 19.1. The molecule has 0 atom stereocenters. The topological polar surface area (TPSA) is 36.7 Å². The average molecular weight is 192 g/mol. The fourth-order valence-corrected chi connectivity index (χ4v) is 1.16. The van der Waals surface area contributed by atoms with E-state index >= 15 is 0 Å². The van der Waals surface area contributed by atoms with Crippen LogP contribution in [0.25, 0.3) is 0 Å². The number of halogens is 1. The normalized spacial score (nSPS) is 11.1. The number of nitriles is 1. The molecule has 0 aliphatic heterocycles. The number of nitrogens with zero attached hydrogens (tertiary/aromatic N) is 2. The van der Waals surface area contributed by atoms with Crippen molar-refractivity contribution in [3.05, 3.63) is 29.3 Å². The van der Waals surface area contributed by atoms with Gasteiger partial charge >= 0.3 is 0 Å². The van der Waals surface area contributed by atoms with Crippen molar-refractivity contribution in [2.24, 2.45) is 0 Å². The zero-order chi connectivity index (χ0) is 10.8. The Kier molecular flexibility index (Phi) is 2.85. The molecule has 2 nitrogen and oxygen atoms in total. The minimum Gasteiger partial charge on any atom is -0.256 e. The first kappa shape index (κ1) is 10.6. The number of rotatable bonds is 2. The summed E-state index contributed by atoms with van der Waals surface area (Å²) in [7, 11) is 0. The van der Waals surface area contributed by atoms with Crippen molar-refractivity contribution >= 4 is 0 Å². The molecule has 1 rings (SSSR count). The predicted molar refractivity (Wildman–Crippen MR) is 52.2 cm³/mol. The predicted octanol–water partition coefficient (Wildman–Crippen LogP) is 2.78. The largest absolute Gasteiger partial charge is 0.256 e. The molecule has 14 heavy (non-hydrogen) atoms. The molecule has 74 valence electrons. The Hall–Kier alpha value is -1.43. The van der Waals surface area contributed by atoms with Gasteiger partial charge in [0.1, 0.15) is 11.9 Å². The Bertz CT molecular complexity index is 377. The van der Waals surface area contributed by atoms with E-state index in [-0.39, 0.29) is 11.0 Å². The number of hydrogen-bond donors (Lipinski definition) is 0. The second-order valence-electron chi connectivity index (χ2n) is 3.90. The Morgan fingerprint density at radius 3 is 2.64 bits per heavy atom. The van der Waals surface area contributed by atoms with Crippen molar-refractivity contribution in [3.63, 3.8) is 0 Å². The van der Waals surface area contributed by atoms with Gasteiger partial charge < -0.3 is 0 Å². The molecule has 0 bridgehead atoms. The van der Waals surface area contributed by atoms with Gasteiger partial charge in [0.15, 0.2) is 0 Å². The van der Waals surface area contributed by atoms with E-state index in [1.54, 1.807) is 0 Å². The van der Waals surface area contributed by atoms with Gasteiger partial charge in [0, 0.05) is 11.6 Å². The van der Waals surface area contributed by atoms with Crippen molar-refractivity contribution in [3.8, 4) is 6.07 Å². The average Bonchev–Trinajstić information content (AvgIpc) is 2.17. The number of aromatic nitrogens is 1. The van der Waals surface area contributed by atoms with Crippen molar-refractivity contribution < 1.29 is 4.39 Å². The van der Waals surface area contributed by atoms with Crippen molar-refractivity contribution in [2.75, 3.05) is 0 Å². The van der Waals surface area contributed by atoms with E-state index in [4.69, 9.17) is 5.26 Å². The van der Waals surface area contributed by atoms with E-state index in [2.05, 4.69) is 4.98 Å². The molecule has 1 heterocycles. The van der Waals surface area contributed by atoms with E-state index in [0.29, 0.717) is 5.69 Å². The molecule has 0 amide bonds. The molecule has 0 saturated heterocycles. The zero-order valence-electron chi connectivity index (χ0n) is 8.63. The van der Waals surface area contributed by atoms with E-state index < -0.39 is 5.82 Å². The lowest BCUT2D eigenvalue weighted by atomic mass is 9.85. The van der Waals surface area contributed by atoms with Crippen LogP contribution in [0, 0.1) is 17.1 Å². The Labute approximate surface area is 83.4 Å². The van der Waals surface area contributed by atoms with Crippen LogP contribution in [0.1, 0.15) is 38.4 Å². The van der Waals surface area contributed by atoms with Crippen molar-refractivity contribution in [1.82, 2.24) is 4.98 Å². The molecule has 1 aromatic rings. The van der Waals surface area contributed by atoms with Crippen LogP contribution in [-0.2, 0) is 5.41 Å². The Morgan fingerprint density at radius 2 is 2.21 bits per heavy atom. The third kappa shape index (κ3) is 1.90. The highest BCUT2D eigenvalue weighted by molar-refractivity contribution is 5.29. The SMILES string of the molecule is CCC(C)(C)c1ncc(C#N)cc1F.